The highest BCUT2D eigenvalue weighted by atomic mass is 32.2. The Morgan fingerprint density at radius 3 is 2.58 bits per heavy atom. The molecule has 9 heteroatoms. The van der Waals surface area contributed by atoms with E-state index >= 15 is 0 Å². The van der Waals surface area contributed by atoms with E-state index in [4.69, 9.17) is 14.6 Å². The van der Waals surface area contributed by atoms with E-state index in [0.29, 0.717) is 31.6 Å². The normalized spacial score (nSPS) is 12.2. The monoisotopic (exact) mass is 520 g/mol. The van der Waals surface area contributed by atoms with Crippen LogP contribution in [0, 0.1) is 5.92 Å². The van der Waals surface area contributed by atoms with Gasteiger partial charge in [-0.15, -0.1) is 13.2 Å². The second-order valence-corrected chi connectivity index (χ2v) is 9.21. The van der Waals surface area contributed by atoms with Crippen LogP contribution >= 0.6 is 11.8 Å². The Kier molecular flexibility index (Phi) is 17.9. The molecule has 1 aromatic rings. The van der Waals surface area contributed by atoms with Crippen molar-refractivity contribution in [2.75, 3.05) is 38.7 Å². The SMILES string of the molecule is C=CCCCC(=O)OC[C@H](CSCc1ccccc1)NC(=O)[C@@H](CC=C)CC(=O)NCCOCCO. The van der Waals surface area contributed by atoms with Crippen LogP contribution in [-0.2, 0) is 29.6 Å². The fourth-order valence-electron chi connectivity index (χ4n) is 3.21. The third-order valence-electron chi connectivity index (χ3n) is 5.07. The van der Waals surface area contributed by atoms with Gasteiger partial charge in [0.1, 0.15) is 6.61 Å². The summed E-state index contributed by atoms with van der Waals surface area (Å²) in [4.78, 5) is 37.4. The molecule has 0 aliphatic heterocycles. The van der Waals surface area contributed by atoms with Crippen LogP contribution < -0.4 is 10.6 Å². The first-order valence-electron chi connectivity index (χ1n) is 12.2. The number of carbonyl (C=O) groups excluding carboxylic acids is 3. The van der Waals surface area contributed by atoms with Gasteiger partial charge in [-0.2, -0.15) is 11.8 Å². The second kappa shape index (κ2) is 20.6. The first-order chi connectivity index (χ1) is 17.5. The molecule has 0 aromatic heterocycles. The summed E-state index contributed by atoms with van der Waals surface area (Å²) in [5.41, 5.74) is 1.16. The van der Waals surface area contributed by atoms with E-state index in [1.54, 1.807) is 23.9 Å². The Balaban J connectivity index is 2.65. The number of esters is 1. The number of rotatable bonds is 21. The van der Waals surface area contributed by atoms with Crippen molar-refractivity contribution in [2.45, 2.75) is 43.9 Å². The Bertz CT molecular complexity index is 790. The van der Waals surface area contributed by atoms with E-state index < -0.39 is 12.0 Å². The maximum absolute atomic E-state index is 13.0. The van der Waals surface area contributed by atoms with Gasteiger partial charge in [-0.1, -0.05) is 42.5 Å². The van der Waals surface area contributed by atoms with E-state index in [9.17, 15) is 14.4 Å². The summed E-state index contributed by atoms with van der Waals surface area (Å²) in [6.07, 6.45) is 5.42. The molecule has 3 N–H and O–H groups in total. The van der Waals surface area contributed by atoms with Gasteiger partial charge in [0.15, 0.2) is 0 Å². The number of hydrogen-bond donors (Lipinski definition) is 3. The number of benzene rings is 1. The van der Waals surface area contributed by atoms with Crippen molar-refractivity contribution in [1.29, 1.82) is 0 Å². The highest BCUT2D eigenvalue weighted by molar-refractivity contribution is 7.98. The first-order valence-corrected chi connectivity index (χ1v) is 13.4. The highest BCUT2D eigenvalue weighted by Crippen LogP contribution is 2.15. The molecular formula is C27H40N2O6S. The Labute approximate surface area is 218 Å². The fourth-order valence-corrected chi connectivity index (χ4v) is 4.22. The molecule has 0 bridgehead atoms. The summed E-state index contributed by atoms with van der Waals surface area (Å²) in [7, 11) is 0. The Morgan fingerprint density at radius 2 is 1.89 bits per heavy atom. The molecule has 8 nitrogen and oxygen atoms in total. The van der Waals surface area contributed by atoms with Gasteiger partial charge < -0.3 is 25.2 Å². The molecule has 0 heterocycles. The van der Waals surface area contributed by atoms with Crippen molar-refractivity contribution in [3.05, 3.63) is 61.2 Å². The molecule has 0 saturated heterocycles. The molecule has 2 amide bonds. The molecule has 1 aromatic carbocycles. The highest BCUT2D eigenvalue weighted by Gasteiger charge is 2.24. The zero-order valence-electron chi connectivity index (χ0n) is 21.0. The van der Waals surface area contributed by atoms with E-state index in [1.165, 1.54) is 0 Å². The number of unbranched alkanes of at least 4 members (excludes halogenated alkanes) is 1. The average molecular weight is 521 g/mol. The largest absolute Gasteiger partial charge is 0.463 e. The number of hydrogen-bond acceptors (Lipinski definition) is 7. The Hall–Kier alpha value is -2.62. The number of allylic oxidation sites excluding steroid dienone is 2. The number of ether oxygens (including phenoxy) is 2. The van der Waals surface area contributed by atoms with Crippen molar-refractivity contribution in [1.82, 2.24) is 10.6 Å². The summed E-state index contributed by atoms with van der Waals surface area (Å²) in [6, 6.07) is 9.59. The molecule has 36 heavy (non-hydrogen) atoms. The van der Waals surface area contributed by atoms with Crippen LogP contribution in [0.25, 0.3) is 0 Å². The summed E-state index contributed by atoms with van der Waals surface area (Å²) in [5, 5.41) is 14.4. The lowest BCUT2D eigenvalue weighted by atomic mass is 9.99. The minimum Gasteiger partial charge on any atom is -0.463 e. The summed E-state index contributed by atoms with van der Waals surface area (Å²) >= 11 is 1.64. The van der Waals surface area contributed by atoms with E-state index in [1.807, 2.05) is 30.3 Å². The number of nitrogens with one attached hydrogen (secondary N) is 2. The van der Waals surface area contributed by atoms with Crippen LogP contribution in [-0.4, -0.2) is 67.7 Å². The maximum atomic E-state index is 13.0. The third-order valence-corrected chi connectivity index (χ3v) is 6.25. The first kappa shape index (κ1) is 31.4. The van der Waals surface area contributed by atoms with Crippen molar-refractivity contribution < 1.29 is 29.0 Å². The lowest BCUT2D eigenvalue weighted by molar-refractivity contribution is -0.145. The topological polar surface area (TPSA) is 114 Å². The van der Waals surface area contributed by atoms with E-state index in [0.717, 1.165) is 17.7 Å². The molecule has 0 saturated carbocycles. The zero-order chi connectivity index (χ0) is 26.4. The van der Waals surface area contributed by atoms with Crippen LogP contribution in [0.1, 0.15) is 37.7 Å². The van der Waals surface area contributed by atoms with Gasteiger partial charge in [-0.05, 0) is 24.8 Å². The summed E-state index contributed by atoms with van der Waals surface area (Å²) < 4.78 is 10.6. The van der Waals surface area contributed by atoms with Gasteiger partial charge in [0, 0.05) is 30.9 Å². The third kappa shape index (κ3) is 15.4. The molecule has 0 aliphatic carbocycles. The molecule has 0 radical (unpaired) electrons. The minimum atomic E-state index is -0.592. The molecular weight excluding hydrogens is 480 g/mol. The predicted octanol–water partition coefficient (Wildman–Crippen LogP) is 3.01. The summed E-state index contributed by atoms with van der Waals surface area (Å²) in [6.45, 7) is 8.13. The van der Waals surface area contributed by atoms with Crippen LogP contribution in [0.5, 0.6) is 0 Å². The van der Waals surface area contributed by atoms with Gasteiger partial charge in [-0.3, -0.25) is 14.4 Å². The van der Waals surface area contributed by atoms with Crippen LogP contribution in [0.4, 0.5) is 0 Å². The quantitative estimate of drug-likeness (QED) is 0.130. The molecule has 0 aliphatic rings. The number of amides is 2. The minimum absolute atomic E-state index is 0.00305. The summed E-state index contributed by atoms with van der Waals surface area (Å²) in [5.74, 6) is -0.143. The molecule has 0 spiro atoms. The van der Waals surface area contributed by atoms with Gasteiger partial charge >= 0.3 is 5.97 Å². The molecule has 2 atom stereocenters. The number of aliphatic hydroxyl groups excluding tert-OH is 1. The zero-order valence-corrected chi connectivity index (χ0v) is 21.8. The Morgan fingerprint density at radius 1 is 1.11 bits per heavy atom. The van der Waals surface area contributed by atoms with Crippen molar-refractivity contribution >= 4 is 29.5 Å². The fraction of sp³-hybridized carbons (Fsp3) is 0.519. The van der Waals surface area contributed by atoms with Gasteiger partial charge in [0.05, 0.1) is 31.8 Å². The second-order valence-electron chi connectivity index (χ2n) is 8.18. The molecule has 0 unspecified atom stereocenters. The molecule has 0 fully saturated rings. The van der Waals surface area contributed by atoms with E-state index in [2.05, 4.69) is 23.8 Å². The van der Waals surface area contributed by atoms with Gasteiger partial charge in [-0.25, -0.2) is 0 Å². The number of thioether (sulfide) groups is 1. The lowest BCUT2D eigenvalue weighted by Gasteiger charge is -2.22. The molecule has 200 valence electrons. The van der Waals surface area contributed by atoms with Gasteiger partial charge in [0.25, 0.3) is 0 Å². The number of aliphatic hydroxyl groups is 1. The lowest BCUT2D eigenvalue weighted by Crippen LogP contribution is -2.44. The maximum Gasteiger partial charge on any atom is 0.305 e. The standard InChI is InChI=1S/C27H40N2O6S/c1-3-5-7-13-26(32)35-19-24(21-36-20-22-11-8-6-9-12-22)29-27(33)23(10-4-2)18-25(31)28-14-16-34-17-15-30/h3-4,6,8-9,11-12,23-24,30H,1-2,5,7,10,13-21H2,(H,28,31)(H,29,33)/t23-,24+/m0/s1. The molecule has 1 rings (SSSR count). The average Bonchev–Trinajstić information content (AvgIpc) is 2.87. The van der Waals surface area contributed by atoms with Crippen molar-refractivity contribution in [2.24, 2.45) is 5.92 Å². The van der Waals surface area contributed by atoms with Crippen LogP contribution in [0.2, 0.25) is 0 Å². The number of carbonyl (C=O) groups is 3. The van der Waals surface area contributed by atoms with Crippen LogP contribution in [0.15, 0.2) is 55.6 Å². The smallest absolute Gasteiger partial charge is 0.305 e. The van der Waals surface area contributed by atoms with E-state index in [-0.39, 0.29) is 50.6 Å². The van der Waals surface area contributed by atoms with Crippen molar-refractivity contribution in [3.63, 3.8) is 0 Å². The van der Waals surface area contributed by atoms with Crippen molar-refractivity contribution in [3.8, 4) is 0 Å². The predicted molar refractivity (Wildman–Crippen MR) is 143 cm³/mol. The van der Waals surface area contributed by atoms with Crippen LogP contribution in [0.3, 0.4) is 0 Å². The van der Waals surface area contributed by atoms with Gasteiger partial charge in [0.2, 0.25) is 11.8 Å².